The number of nitrogens with zero attached hydrogens (tertiary/aromatic N) is 2. The molecule has 1 amide bonds. The van der Waals surface area contributed by atoms with Gasteiger partial charge in [-0.25, -0.2) is 4.98 Å². The molecule has 2 N–H and O–H groups in total. The third-order valence-corrected chi connectivity index (χ3v) is 4.23. The number of nitrogens with two attached hydrogens (primary N) is 1. The first-order valence-corrected chi connectivity index (χ1v) is 6.98. The molecule has 2 heterocycles. The number of nitrogen functional groups attached to an aromatic ring is 1. The van der Waals surface area contributed by atoms with E-state index in [9.17, 15) is 4.79 Å². The second-order valence-corrected chi connectivity index (χ2v) is 5.73. The third-order valence-electron chi connectivity index (χ3n) is 3.42. The number of anilines is 1. The summed E-state index contributed by atoms with van der Waals surface area (Å²) in [6.45, 7) is 3.74. The van der Waals surface area contributed by atoms with Gasteiger partial charge < -0.3 is 10.6 Å². The summed E-state index contributed by atoms with van der Waals surface area (Å²) >= 11 is 1.47. The van der Waals surface area contributed by atoms with Gasteiger partial charge in [0.1, 0.15) is 0 Å². The molecule has 94 valence electrons. The third kappa shape index (κ3) is 3.19. The lowest BCUT2D eigenvalue weighted by atomic mass is 9.98. The maximum atomic E-state index is 12.0. The highest BCUT2D eigenvalue weighted by atomic mass is 32.1. The van der Waals surface area contributed by atoms with Crippen LogP contribution in [0.5, 0.6) is 0 Å². The number of amides is 1. The predicted molar refractivity (Wildman–Crippen MR) is 69.6 cm³/mol. The smallest absolute Gasteiger partial charge is 0.222 e. The van der Waals surface area contributed by atoms with Crippen molar-refractivity contribution in [3.05, 3.63) is 11.1 Å². The Hall–Kier alpha value is -1.10. The van der Waals surface area contributed by atoms with Crippen LogP contribution in [0.25, 0.3) is 0 Å². The molecule has 1 aliphatic rings. The van der Waals surface area contributed by atoms with Gasteiger partial charge in [-0.05, 0) is 18.8 Å². The van der Waals surface area contributed by atoms with Crippen molar-refractivity contribution in [1.29, 1.82) is 0 Å². The molecular weight excluding hydrogens is 234 g/mol. The first kappa shape index (κ1) is 12.4. The van der Waals surface area contributed by atoms with Crippen molar-refractivity contribution in [3.8, 4) is 0 Å². The molecule has 4 nitrogen and oxygen atoms in total. The number of likely N-dealkylation sites (tertiary alicyclic amines) is 1. The van der Waals surface area contributed by atoms with Crippen LogP contribution in [-0.4, -0.2) is 22.3 Å². The summed E-state index contributed by atoms with van der Waals surface area (Å²) in [7, 11) is 0. The highest BCUT2D eigenvalue weighted by Crippen LogP contribution is 2.23. The maximum Gasteiger partial charge on any atom is 0.222 e. The van der Waals surface area contributed by atoms with Crippen molar-refractivity contribution in [2.75, 3.05) is 12.3 Å². The van der Waals surface area contributed by atoms with Crippen molar-refractivity contribution < 1.29 is 4.79 Å². The van der Waals surface area contributed by atoms with E-state index in [0.29, 0.717) is 24.0 Å². The van der Waals surface area contributed by atoms with Crippen molar-refractivity contribution in [2.24, 2.45) is 5.92 Å². The number of thiazole rings is 1. The van der Waals surface area contributed by atoms with Crippen LogP contribution < -0.4 is 5.73 Å². The van der Waals surface area contributed by atoms with E-state index in [2.05, 4.69) is 11.9 Å². The lowest BCUT2D eigenvalue weighted by Gasteiger charge is -2.19. The molecule has 1 aliphatic heterocycles. The van der Waals surface area contributed by atoms with E-state index >= 15 is 0 Å². The Labute approximate surface area is 106 Å². The fraction of sp³-hybridized carbons (Fsp3) is 0.667. The molecule has 0 radical (unpaired) electrons. The summed E-state index contributed by atoms with van der Waals surface area (Å²) in [4.78, 5) is 19.0. The van der Waals surface area contributed by atoms with E-state index in [1.54, 1.807) is 6.20 Å². The van der Waals surface area contributed by atoms with Gasteiger partial charge in [0.2, 0.25) is 5.91 Å². The standard InChI is InChI=1S/C12H19N3OS/c1-2-9-3-4-11(16)15(6-5-9)8-10-7-14-12(13)17-10/h7,9H,2-6,8H2,1H3,(H2,13,14). The summed E-state index contributed by atoms with van der Waals surface area (Å²) in [6.07, 6.45) is 5.80. The lowest BCUT2D eigenvalue weighted by molar-refractivity contribution is -0.131. The molecule has 0 aliphatic carbocycles. The van der Waals surface area contributed by atoms with E-state index < -0.39 is 0 Å². The Bertz CT molecular complexity index is 391. The molecule has 0 saturated carbocycles. The average molecular weight is 253 g/mol. The van der Waals surface area contributed by atoms with Crippen LogP contribution in [0.15, 0.2) is 6.20 Å². The topological polar surface area (TPSA) is 59.2 Å². The number of carbonyl (C=O) groups is 1. The fourth-order valence-corrected chi connectivity index (χ4v) is 2.95. The van der Waals surface area contributed by atoms with Gasteiger partial charge in [-0.1, -0.05) is 13.3 Å². The number of hydrogen-bond acceptors (Lipinski definition) is 4. The number of aromatic nitrogens is 1. The van der Waals surface area contributed by atoms with E-state index in [-0.39, 0.29) is 5.91 Å². The molecule has 1 aromatic heterocycles. The normalized spacial score (nSPS) is 21.6. The van der Waals surface area contributed by atoms with Crippen LogP contribution in [-0.2, 0) is 11.3 Å². The van der Waals surface area contributed by atoms with Gasteiger partial charge in [0, 0.05) is 24.0 Å². The molecule has 17 heavy (non-hydrogen) atoms. The first-order valence-electron chi connectivity index (χ1n) is 6.17. The number of hydrogen-bond donors (Lipinski definition) is 1. The van der Waals surface area contributed by atoms with Gasteiger partial charge in [-0.2, -0.15) is 0 Å². The van der Waals surface area contributed by atoms with Gasteiger partial charge in [0.25, 0.3) is 0 Å². The van der Waals surface area contributed by atoms with Gasteiger partial charge >= 0.3 is 0 Å². The highest BCUT2D eigenvalue weighted by Gasteiger charge is 2.21. The second-order valence-electron chi connectivity index (χ2n) is 4.58. The zero-order valence-corrected chi connectivity index (χ0v) is 11.0. The molecule has 1 fully saturated rings. The Morgan fingerprint density at radius 2 is 2.41 bits per heavy atom. The fourth-order valence-electron chi connectivity index (χ4n) is 2.25. The largest absolute Gasteiger partial charge is 0.375 e. The summed E-state index contributed by atoms with van der Waals surface area (Å²) in [6, 6.07) is 0. The van der Waals surface area contributed by atoms with E-state index in [0.717, 1.165) is 24.3 Å². The Morgan fingerprint density at radius 3 is 3.06 bits per heavy atom. The molecule has 5 heteroatoms. The molecule has 0 bridgehead atoms. The highest BCUT2D eigenvalue weighted by molar-refractivity contribution is 7.15. The quantitative estimate of drug-likeness (QED) is 0.899. The van der Waals surface area contributed by atoms with Crippen molar-refractivity contribution in [1.82, 2.24) is 9.88 Å². The summed E-state index contributed by atoms with van der Waals surface area (Å²) in [5, 5.41) is 0.578. The minimum Gasteiger partial charge on any atom is -0.375 e. The summed E-state index contributed by atoms with van der Waals surface area (Å²) in [5.74, 6) is 0.975. The lowest BCUT2D eigenvalue weighted by Crippen LogP contribution is -2.29. The van der Waals surface area contributed by atoms with Crippen LogP contribution in [0, 0.1) is 5.92 Å². The minimum atomic E-state index is 0.271. The first-order chi connectivity index (χ1) is 8.19. The molecule has 1 aromatic rings. The van der Waals surface area contributed by atoms with Crippen molar-refractivity contribution >= 4 is 22.4 Å². The van der Waals surface area contributed by atoms with E-state index in [1.807, 2.05) is 4.90 Å². The summed E-state index contributed by atoms with van der Waals surface area (Å²) < 4.78 is 0. The van der Waals surface area contributed by atoms with Crippen LogP contribution in [0.2, 0.25) is 0 Å². The number of rotatable bonds is 3. The molecule has 0 spiro atoms. The Kier molecular flexibility index (Phi) is 3.99. The van der Waals surface area contributed by atoms with Crippen LogP contribution in [0.4, 0.5) is 5.13 Å². The van der Waals surface area contributed by atoms with Gasteiger partial charge in [-0.15, -0.1) is 11.3 Å². The van der Waals surface area contributed by atoms with Crippen LogP contribution >= 0.6 is 11.3 Å². The van der Waals surface area contributed by atoms with Crippen LogP contribution in [0.1, 0.15) is 37.5 Å². The molecule has 1 unspecified atom stereocenters. The molecular formula is C12H19N3OS. The zero-order valence-electron chi connectivity index (χ0n) is 10.2. The predicted octanol–water partition coefficient (Wildman–Crippen LogP) is 2.26. The molecule has 1 saturated heterocycles. The SMILES string of the molecule is CCC1CCC(=O)N(Cc2cnc(N)s2)CC1. The average Bonchev–Trinajstić information content (AvgIpc) is 2.64. The number of carbonyl (C=O) groups excluding carboxylic acids is 1. The monoisotopic (exact) mass is 253 g/mol. The van der Waals surface area contributed by atoms with Gasteiger partial charge in [0.15, 0.2) is 5.13 Å². The van der Waals surface area contributed by atoms with Crippen LogP contribution in [0.3, 0.4) is 0 Å². The maximum absolute atomic E-state index is 12.0. The second kappa shape index (κ2) is 5.49. The van der Waals surface area contributed by atoms with Crippen molar-refractivity contribution in [3.63, 3.8) is 0 Å². The molecule has 1 atom stereocenters. The zero-order chi connectivity index (χ0) is 12.3. The van der Waals surface area contributed by atoms with E-state index in [4.69, 9.17) is 5.73 Å². The molecule has 0 aromatic carbocycles. The minimum absolute atomic E-state index is 0.271. The Balaban J connectivity index is 1.97. The van der Waals surface area contributed by atoms with E-state index in [1.165, 1.54) is 17.8 Å². The molecule has 2 rings (SSSR count). The summed E-state index contributed by atoms with van der Waals surface area (Å²) in [5.41, 5.74) is 5.60. The van der Waals surface area contributed by atoms with Crippen molar-refractivity contribution in [2.45, 2.75) is 39.2 Å². The Morgan fingerprint density at radius 1 is 1.59 bits per heavy atom. The van der Waals surface area contributed by atoms with Gasteiger partial charge in [-0.3, -0.25) is 4.79 Å². The van der Waals surface area contributed by atoms with Gasteiger partial charge in [0.05, 0.1) is 6.54 Å².